The van der Waals surface area contributed by atoms with Crippen LogP contribution in [0.25, 0.3) is 0 Å². The normalized spacial score (nSPS) is 9.94. The predicted octanol–water partition coefficient (Wildman–Crippen LogP) is 2.02. The minimum atomic E-state index is -1.48. The van der Waals surface area contributed by atoms with Gasteiger partial charge in [0.2, 0.25) is 0 Å². The smallest absolute Gasteiger partial charge is 0.316 e. The summed E-state index contributed by atoms with van der Waals surface area (Å²) in [6, 6.07) is 3.35. The molecule has 86 valence electrons. The van der Waals surface area contributed by atoms with Gasteiger partial charge in [0.1, 0.15) is 0 Å². The van der Waals surface area contributed by atoms with Crippen molar-refractivity contribution in [1.29, 1.82) is 0 Å². The number of esters is 1. The van der Waals surface area contributed by atoms with Gasteiger partial charge in [0, 0.05) is 4.47 Å². The fourth-order valence-electron chi connectivity index (χ4n) is 0.894. The molecule has 0 aliphatic carbocycles. The van der Waals surface area contributed by atoms with Crippen molar-refractivity contribution in [2.24, 2.45) is 0 Å². The first-order valence-corrected chi connectivity index (χ1v) is 6.33. The number of hydrogen-bond donors (Lipinski definition) is 0. The summed E-state index contributed by atoms with van der Waals surface area (Å²) in [5.41, 5.74) is 0. The lowest BCUT2D eigenvalue weighted by Crippen LogP contribution is -2.27. The van der Waals surface area contributed by atoms with E-state index < -0.39 is 18.4 Å². The van der Waals surface area contributed by atoms with E-state index in [1.54, 1.807) is 12.1 Å². The van der Waals surface area contributed by atoms with Gasteiger partial charge in [-0.15, -0.1) is 0 Å². The van der Waals surface area contributed by atoms with Crippen molar-refractivity contribution in [3.8, 4) is 5.75 Å². The van der Waals surface area contributed by atoms with Crippen molar-refractivity contribution in [2.75, 3.05) is 0 Å². The largest absolute Gasteiger partial charge is 0.550 e. The number of ether oxygens (including phenoxy) is 1. The number of carboxylic acid groups (broad SMARTS) is 1. The van der Waals surface area contributed by atoms with Crippen LogP contribution in [-0.2, 0) is 9.59 Å². The summed E-state index contributed by atoms with van der Waals surface area (Å²) in [5.74, 6) is -2.13. The predicted molar refractivity (Wildman–Crippen MR) is 64.8 cm³/mol. The van der Waals surface area contributed by atoms with Crippen molar-refractivity contribution < 1.29 is 19.4 Å². The number of carbonyl (C=O) groups excluding carboxylic acids is 2. The van der Waals surface area contributed by atoms with Crippen molar-refractivity contribution >= 4 is 59.7 Å². The number of benzene rings is 1. The second-order valence-corrected chi connectivity index (χ2v) is 5.35. The summed E-state index contributed by atoms with van der Waals surface area (Å²) < 4.78 is 6.71. The van der Waals surface area contributed by atoms with Gasteiger partial charge in [-0.1, -0.05) is 15.9 Å². The van der Waals surface area contributed by atoms with Crippen LogP contribution >= 0.6 is 47.8 Å². The molecule has 0 fully saturated rings. The Bertz CT molecular complexity index is 421. The lowest BCUT2D eigenvalue weighted by molar-refractivity contribution is -0.304. The van der Waals surface area contributed by atoms with Gasteiger partial charge in [0.25, 0.3) is 0 Å². The Morgan fingerprint density at radius 2 is 1.69 bits per heavy atom. The molecule has 4 nitrogen and oxygen atoms in total. The van der Waals surface area contributed by atoms with Crippen molar-refractivity contribution in [3.05, 3.63) is 25.6 Å². The third kappa shape index (κ3) is 3.88. The van der Waals surface area contributed by atoms with Crippen molar-refractivity contribution in [1.82, 2.24) is 0 Å². The van der Waals surface area contributed by atoms with E-state index in [2.05, 4.69) is 47.8 Å². The van der Waals surface area contributed by atoms with Crippen LogP contribution in [-0.4, -0.2) is 11.9 Å². The second-order valence-electron chi connectivity index (χ2n) is 2.72. The maximum Gasteiger partial charge on any atom is 0.316 e. The average molecular weight is 416 g/mol. The highest BCUT2D eigenvalue weighted by Gasteiger charge is 2.12. The molecule has 0 saturated heterocycles. The van der Waals surface area contributed by atoms with Gasteiger partial charge in [-0.25, -0.2) is 0 Å². The summed E-state index contributed by atoms with van der Waals surface area (Å²) in [5, 5.41) is 10.2. The first kappa shape index (κ1) is 13.7. The molecule has 0 aromatic heterocycles. The average Bonchev–Trinajstić information content (AvgIpc) is 2.09. The summed E-state index contributed by atoms with van der Waals surface area (Å²) in [6.45, 7) is 0. The summed E-state index contributed by atoms with van der Waals surface area (Å²) in [4.78, 5) is 21.3. The number of aliphatic carboxylic acids is 1. The highest BCUT2D eigenvalue weighted by Crippen LogP contribution is 2.36. The van der Waals surface area contributed by atoms with Crippen LogP contribution in [0.5, 0.6) is 5.75 Å². The Morgan fingerprint density at radius 1 is 1.19 bits per heavy atom. The molecule has 1 aromatic rings. The highest BCUT2D eigenvalue weighted by molar-refractivity contribution is 9.11. The molecule has 0 unspecified atom stereocenters. The van der Waals surface area contributed by atoms with Gasteiger partial charge in [-0.3, -0.25) is 4.79 Å². The van der Waals surface area contributed by atoms with E-state index in [0.717, 1.165) is 4.47 Å². The standard InChI is InChI=1S/C9H5Br3O4/c10-4-1-5(11)9(6(12)2-4)16-8(15)3-7(13)14/h1-2H,3H2,(H,13,14)/p-1. The molecule has 0 saturated carbocycles. The van der Waals surface area contributed by atoms with Gasteiger partial charge < -0.3 is 14.6 Å². The first-order chi connectivity index (χ1) is 7.40. The van der Waals surface area contributed by atoms with E-state index >= 15 is 0 Å². The second kappa shape index (κ2) is 5.79. The number of rotatable bonds is 3. The number of carbonyl (C=O) groups is 2. The monoisotopic (exact) mass is 413 g/mol. The SMILES string of the molecule is O=C([O-])CC(=O)Oc1c(Br)cc(Br)cc1Br. The Balaban J connectivity index is 2.89. The number of hydrogen-bond acceptors (Lipinski definition) is 4. The van der Waals surface area contributed by atoms with Gasteiger partial charge >= 0.3 is 5.97 Å². The lowest BCUT2D eigenvalue weighted by Gasteiger charge is -2.09. The lowest BCUT2D eigenvalue weighted by atomic mass is 10.3. The zero-order chi connectivity index (χ0) is 12.3. The maximum absolute atomic E-state index is 11.1. The minimum absolute atomic E-state index is 0.231. The summed E-state index contributed by atoms with van der Waals surface area (Å²) in [6.07, 6.45) is -0.783. The maximum atomic E-state index is 11.1. The fraction of sp³-hybridized carbons (Fsp3) is 0.111. The molecular formula is C9H4Br3O4-. The Morgan fingerprint density at radius 3 is 2.12 bits per heavy atom. The van der Waals surface area contributed by atoms with E-state index in [9.17, 15) is 14.7 Å². The van der Waals surface area contributed by atoms with Crippen LogP contribution in [0.2, 0.25) is 0 Å². The van der Waals surface area contributed by atoms with E-state index in [4.69, 9.17) is 4.74 Å². The highest BCUT2D eigenvalue weighted by atomic mass is 79.9. The molecule has 0 amide bonds. The van der Waals surface area contributed by atoms with Gasteiger partial charge in [-0.2, -0.15) is 0 Å². The van der Waals surface area contributed by atoms with E-state index in [1.807, 2.05) is 0 Å². The van der Waals surface area contributed by atoms with E-state index in [-0.39, 0.29) is 5.75 Å². The molecule has 0 aliphatic heterocycles. The molecule has 0 radical (unpaired) electrons. The molecule has 0 heterocycles. The van der Waals surface area contributed by atoms with E-state index in [0.29, 0.717) is 8.95 Å². The molecule has 1 aromatic carbocycles. The van der Waals surface area contributed by atoms with Crippen LogP contribution in [0.4, 0.5) is 0 Å². The van der Waals surface area contributed by atoms with Crippen molar-refractivity contribution in [2.45, 2.75) is 6.42 Å². The molecule has 0 aliphatic rings. The molecule has 0 atom stereocenters. The van der Waals surface area contributed by atoms with E-state index in [1.165, 1.54) is 0 Å². The molecule has 0 spiro atoms. The van der Waals surface area contributed by atoms with Crippen molar-refractivity contribution in [3.63, 3.8) is 0 Å². The Hall–Kier alpha value is -0.400. The molecule has 0 bridgehead atoms. The quantitative estimate of drug-likeness (QED) is 0.430. The van der Waals surface area contributed by atoms with Gasteiger partial charge in [-0.05, 0) is 44.0 Å². The van der Waals surface area contributed by atoms with Crippen LogP contribution in [0.1, 0.15) is 6.42 Å². The number of carboxylic acids is 1. The van der Waals surface area contributed by atoms with Gasteiger partial charge in [0.15, 0.2) is 5.75 Å². The van der Waals surface area contributed by atoms with Crippen LogP contribution in [0.3, 0.4) is 0 Å². The topological polar surface area (TPSA) is 66.4 Å². The molecular weight excluding hydrogens is 412 g/mol. The van der Waals surface area contributed by atoms with Gasteiger partial charge in [0.05, 0.1) is 21.3 Å². The third-order valence-electron chi connectivity index (χ3n) is 1.47. The summed E-state index contributed by atoms with van der Waals surface area (Å²) in [7, 11) is 0. The third-order valence-corrected chi connectivity index (χ3v) is 3.10. The zero-order valence-electron chi connectivity index (χ0n) is 7.63. The first-order valence-electron chi connectivity index (χ1n) is 3.95. The fourth-order valence-corrected chi connectivity index (χ4v) is 3.31. The van der Waals surface area contributed by atoms with Crippen LogP contribution < -0.4 is 9.84 Å². The Labute approximate surface area is 116 Å². The molecule has 1 rings (SSSR count). The van der Waals surface area contributed by atoms with Crippen LogP contribution in [0, 0.1) is 0 Å². The zero-order valence-corrected chi connectivity index (χ0v) is 12.4. The minimum Gasteiger partial charge on any atom is -0.550 e. The number of halogens is 3. The Kier molecular flexibility index (Phi) is 4.94. The molecule has 0 N–H and O–H groups in total. The molecule has 16 heavy (non-hydrogen) atoms. The van der Waals surface area contributed by atoms with Crippen LogP contribution in [0.15, 0.2) is 25.6 Å². The summed E-state index contributed by atoms with van der Waals surface area (Å²) >= 11 is 9.63. The molecule has 7 heteroatoms.